The first-order valence-corrected chi connectivity index (χ1v) is 4.75. The Bertz CT molecular complexity index is 315. The molecule has 0 aromatic carbocycles. The molecule has 0 radical (unpaired) electrons. The normalized spacial score (nSPS) is 11.1. The summed E-state index contributed by atoms with van der Waals surface area (Å²) in [4.78, 5) is 0. The van der Waals surface area contributed by atoms with Crippen LogP contribution in [0.3, 0.4) is 0 Å². The van der Waals surface area contributed by atoms with Crippen LogP contribution in [0.15, 0.2) is 0 Å². The molecule has 0 aliphatic carbocycles. The Morgan fingerprint density at radius 3 is 2.77 bits per heavy atom. The molecule has 0 saturated heterocycles. The van der Waals surface area contributed by atoms with Gasteiger partial charge in [0.1, 0.15) is 5.82 Å². The molecule has 1 aromatic rings. The standard InChI is InChI=1S/C8H15N3OS/c1-6(2)12-5-4-11-7(3)9-10-8(11)13/h6H,4-5H2,1-3H3,(H,10,13). The Hall–Kier alpha value is -0.680. The monoisotopic (exact) mass is 201 g/mol. The summed E-state index contributed by atoms with van der Waals surface area (Å²) in [6, 6.07) is 0. The predicted molar refractivity (Wildman–Crippen MR) is 53.2 cm³/mol. The van der Waals surface area contributed by atoms with E-state index in [0.29, 0.717) is 11.4 Å². The summed E-state index contributed by atoms with van der Waals surface area (Å²) >= 11 is 5.04. The van der Waals surface area contributed by atoms with Crippen molar-refractivity contribution in [1.29, 1.82) is 0 Å². The van der Waals surface area contributed by atoms with Gasteiger partial charge in [-0.1, -0.05) is 0 Å². The van der Waals surface area contributed by atoms with E-state index in [9.17, 15) is 0 Å². The fourth-order valence-electron chi connectivity index (χ4n) is 1.04. The van der Waals surface area contributed by atoms with Crippen LogP contribution in [0.4, 0.5) is 0 Å². The first-order valence-electron chi connectivity index (χ1n) is 4.34. The number of nitrogens with one attached hydrogen (secondary N) is 1. The predicted octanol–water partition coefficient (Wildman–Crippen LogP) is 1.67. The quantitative estimate of drug-likeness (QED) is 0.754. The fraction of sp³-hybridized carbons (Fsp3) is 0.750. The summed E-state index contributed by atoms with van der Waals surface area (Å²) < 4.78 is 8.00. The van der Waals surface area contributed by atoms with Crippen LogP contribution in [0.25, 0.3) is 0 Å². The SMILES string of the molecule is Cc1n[nH]c(=S)n1CCOC(C)C. The van der Waals surface area contributed by atoms with Gasteiger partial charge >= 0.3 is 0 Å². The average Bonchev–Trinajstić information content (AvgIpc) is 2.34. The highest BCUT2D eigenvalue weighted by Crippen LogP contribution is 1.96. The van der Waals surface area contributed by atoms with Gasteiger partial charge in [0.15, 0.2) is 4.77 Å². The Kier molecular flexibility index (Phi) is 3.62. The number of hydrogen-bond donors (Lipinski definition) is 1. The molecule has 0 bridgehead atoms. The minimum Gasteiger partial charge on any atom is -0.377 e. The second-order valence-electron chi connectivity index (χ2n) is 3.15. The van der Waals surface area contributed by atoms with Gasteiger partial charge in [-0.15, -0.1) is 0 Å². The third-order valence-corrected chi connectivity index (χ3v) is 2.03. The van der Waals surface area contributed by atoms with Crippen molar-refractivity contribution in [3.8, 4) is 0 Å². The van der Waals surface area contributed by atoms with Gasteiger partial charge in [-0.3, -0.25) is 5.10 Å². The van der Waals surface area contributed by atoms with E-state index in [1.165, 1.54) is 0 Å². The van der Waals surface area contributed by atoms with E-state index in [0.717, 1.165) is 12.4 Å². The number of ether oxygens (including phenoxy) is 1. The maximum absolute atomic E-state index is 5.42. The molecule has 0 amide bonds. The molecule has 4 nitrogen and oxygen atoms in total. The fourth-order valence-corrected chi connectivity index (χ4v) is 1.31. The third kappa shape index (κ3) is 2.93. The molecule has 0 unspecified atom stereocenters. The van der Waals surface area contributed by atoms with Gasteiger partial charge in [-0.25, -0.2) is 0 Å². The first kappa shape index (κ1) is 10.4. The van der Waals surface area contributed by atoms with Gasteiger partial charge < -0.3 is 9.30 Å². The molecule has 0 aliphatic heterocycles. The number of H-pyrrole nitrogens is 1. The van der Waals surface area contributed by atoms with E-state index in [1.807, 2.05) is 25.3 Å². The molecule has 74 valence electrons. The highest BCUT2D eigenvalue weighted by atomic mass is 32.1. The smallest absolute Gasteiger partial charge is 0.195 e. The van der Waals surface area contributed by atoms with E-state index in [1.54, 1.807) is 0 Å². The van der Waals surface area contributed by atoms with E-state index >= 15 is 0 Å². The summed E-state index contributed by atoms with van der Waals surface area (Å²) in [7, 11) is 0. The maximum atomic E-state index is 5.42. The maximum Gasteiger partial charge on any atom is 0.195 e. The van der Waals surface area contributed by atoms with Gasteiger partial charge in [0.25, 0.3) is 0 Å². The Morgan fingerprint density at radius 1 is 1.62 bits per heavy atom. The van der Waals surface area contributed by atoms with Crippen molar-refractivity contribution >= 4 is 12.2 Å². The van der Waals surface area contributed by atoms with Crippen LogP contribution >= 0.6 is 12.2 Å². The van der Waals surface area contributed by atoms with Gasteiger partial charge in [-0.2, -0.15) is 5.10 Å². The zero-order chi connectivity index (χ0) is 9.84. The molecule has 1 rings (SSSR count). The van der Waals surface area contributed by atoms with E-state index in [4.69, 9.17) is 17.0 Å². The first-order chi connectivity index (χ1) is 6.11. The average molecular weight is 201 g/mol. The zero-order valence-corrected chi connectivity index (χ0v) is 9.02. The highest BCUT2D eigenvalue weighted by molar-refractivity contribution is 7.71. The molecule has 1 heterocycles. The lowest BCUT2D eigenvalue weighted by Crippen LogP contribution is -2.11. The second-order valence-corrected chi connectivity index (χ2v) is 3.53. The van der Waals surface area contributed by atoms with Crippen LogP contribution in [-0.4, -0.2) is 27.5 Å². The van der Waals surface area contributed by atoms with Crippen molar-refractivity contribution < 1.29 is 4.74 Å². The summed E-state index contributed by atoms with van der Waals surface area (Å²) in [5.74, 6) is 0.900. The van der Waals surface area contributed by atoms with Crippen LogP contribution < -0.4 is 0 Å². The number of rotatable bonds is 4. The summed E-state index contributed by atoms with van der Waals surface area (Å²) in [5, 5.41) is 6.74. The zero-order valence-electron chi connectivity index (χ0n) is 8.20. The van der Waals surface area contributed by atoms with E-state index in [2.05, 4.69) is 10.2 Å². The highest BCUT2D eigenvalue weighted by Gasteiger charge is 2.00. The van der Waals surface area contributed by atoms with Gasteiger partial charge in [0.05, 0.1) is 19.3 Å². The molecule has 0 aliphatic rings. The van der Waals surface area contributed by atoms with Crippen molar-refractivity contribution in [3.63, 3.8) is 0 Å². The second kappa shape index (κ2) is 4.53. The molecule has 0 saturated carbocycles. The molecular weight excluding hydrogens is 186 g/mol. The van der Waals surface area contributed by atoms with Crippen molar-refractivity contribution in [1.82, 2.24) is 14.8 Å². The molecule has 0 fully saturated rings. The molecular formula is C8H15N3OS. The van der Waals surface area contributed by atoms with Crippen molar-refractivity contribution in [2.24, 2.45) is 0 Å². The minimum absolute atomic E-state index is 0.265. The lowest BCUT2D eigenvalue weighted by Gasteiger charge is -2.08. The van der Waals surface area contributed by atoms with Crippen molar-refractivity contribution in [2.75, 3.05) is 6.61 Å². The Balaban J connectivity index is 2.50. The summed E-state index contributed by atoms with van der Waals surface area (Å²) in [6.45, 7) is 7.39. The third-order valence-electron chi connectivity index (χ3n) is 1.72. The molecule has 0 atom stereocenters. The Labute approximate surface area is 82.9 Å². The van der Waals surface area contributed by atoms with Gasteiger partial charge in [0.2, 0.25) is 0 Å². The van der Waals surface area contributed by atoms with E-state index in [-0.39, 0.29) is 6.10 Å². The van der Waals surface area contributed by atoms with E-state index < -0.39 is 0 Å². The Morgan fingerprint density at radius 2 is 2.31 bits per heavy atom. The summed E-state index contributed by atoms with van der Waals surface area (Å²) in [5.41, 5.74) is 0. The number of nitrogens with zero attached hydrogens (tertiary/aromatic N) is 2. The lowest BCUT2D eigenvalue weighted by molar-refractivity contribution is 0.0722. The number of hydrogen-bond acceptors (Lipinski definition) is 3. The molecule has 1 N–H and O–H groups in total. The lowest BCUT2D eigenvalue weighted by atomic mass is 10.5. The largest absolute Gasteiger partial charge is 0.377 e. The summed E-state index contributed by atoms with van der Waals surface area (Å²) in [6.07, 6.45) is 0.265. The molecule has 13 heavy (non-hydrogen) atoms. The number of aryl methyl sites for hydroxylation is 1. The van der Waals surface area contributed by atoms with Crippen molar-refractivity contribution in [2.45, 2.75) is 33.4 Å². The molecule has 5 heteroatoms. The van der Waals surface area contributed by atoms with Crippen LogP contribution in [0, 0.1) is 11.7 Å². The van der Waals surface area contributed by atoms with Crippen LogP contribution in [0.1, 0.15) is 19.7 Å². The van der Waals surface area contributed by atoms with Gasteiger partial charge in [-0.05, 0) is 33.0 Å². The van der Waals surface area contributed by atoms with Crippen LogP contribution in [-0.2, 0) is 11.3 Å². The molecule has 0 spiro atoms. The van der Waals surface area contributed by atoms with Crippen LogP contribution in [0.5, 0.6) is 0 Å². The van der Waals surface area contributed by atoms with Crippen molar-refractivity contribution in [3.05, 3.63) is 10.6 Å². The van der Waals surface area contributed by atoms with Crippen LogP contribution in [0.2, 0.25) is 0 Å². The molecule has 1 aromatic heterocycles. The minimum atomic E-state index is 0.265. The number of aromatic amines is 1. The number of aromatic nitrogens is 3. The topological polar surface area (TPSA) is 42.8 Å². The van der Waals surface area contributed by atoms with Gasteiger partial charge in [0, 0.05) is 0 Å².